The van der Waals surface area contributed by atoms with Crippen molar-refractivity contribution in [2.24, 2.45) is 0 Å². The van der Waals surface area contributed by atoms with Crippen LogP contribution in [0.5, 0.6) is 0 Å². The van der Waals surface area contributed by atoms with Gasteiger partial charge in [-0.1, -0.05) is 176 Å². The summed E-state index contributed by atoms with van der Waals surface area (Å²) in [4.78, 5) is 29.9. The lowest BCUT2D eigenvalue weighted by atomic mass is 9.97. The maximum Gasteiger partial charge on any atom is 0.167 e. The molecule has 0 bridgehead atoms. The topological polar surface area (TPSA) is 90.5 Å². The van der Waals surface area contributed by atoms with Crippen LogP contribution in [-0.4, -0.2) is 29.9 Å². The van der Waals surface area contributed by atoms with E-state index in [0.717, 1.165) is 60.9 Å². The minimum absolute atomic E-state index is 0.534. The van der Waals surface area contributed by atoms with Gasteiger partial charge in [0.05, 0.1) is 5.56 Å². The number of hydrogen-bond donors (Lipinski definition) is 0. The Bertz CT molecular complexity index is 2850. The molecule has 55 heavy (non-hydrogen) atoms. The van der Waals surface area contributed by atoms with Crippen molar-refractivity contribution < 1.29 is 4.42 Å². The molecule has 0 radical (unpaired) electrons. The Labute approximate surface area is 316 Å². The summed E-state index contributed by atoms with van der Waals surface area (Å²) in [6.07, 6.45) is 0. The van der Waals surface area contributed by atoms with Crippen molar-refractivity contribution in [1.82, 2.24) is 29.9 Å². The Kier molecular flexibility index (Phi) is 8.00. The van der Waals surface area contributed by atoms with Crippen molar-refractivity contribution in [3.05, 3.63) is 182 Å². The van der Waals surface area contributed by atoms with Crippen LogP contribution in [0.25, 0.3) is 101 Å². The largest absolute Gasteiger partial charge is 0.455 e. The maximum absolute atomic E-state index is 6.94. The molecular weight excluding hydrogens is 677 g/mol. The van der Waals surface area contributed by atoms with Crippen molar-refractivity contribution in [1.29, 1.82) is 0 Å². The maximum atomic E-state index is 6.94. The van der Waals surface area contributed by atoms with Crippen LogP contribution < -0.4 is 0 Å². The van der Waals surface area contributed by atoms with Crippen LogP contribution in [0.4, 0.5) is 0 Å². The van der Waals surface area contributed by atoms with Crippen molar-refractivity contribution >= 4 is 21.9 Å². The highest BCUT2D eigenvalue weighted by molar-refractivity contribution is 6.13. The standard InChI is InChI=1S/C48H30N6O/c1-5-17-31(18-6-1)43-49-44(32-19-7-2-8-20-32)52-47(51-43)39-26-14-13-25-35(39)36-27-15-28-37-38-29-16-30-40(42(38)55-41(36)37)48-53-45(33-21-9-3-10-22-33)50-46(54-48)34-23-11-4-12-24-34/h1-30H. The predicted molar refractivity (Wildman–Crippen MR) is 219 cm³/mol. The third-order valence-corrected chi connectivity index (χ3v) is 9.62. The van der Waals surface area contributed by atoms with Gasteiger partial charge < -0.3 is 4.42 Å². The molecule has 0 N–H and O–H groups in total. The number of furan rings is 1. The zero-order chi connectivity index (χ0) is 36.6. The van der Waals surface area contributed by atoms with Crippen molar-refractivity contribution in [2.45, 2.75) is 0 Å². The van der Waals surface area contributed by atoms with Gasteiger partial charge in [0, 0.05) is 44.2 Å². The number of hydrogen-bond acceptors (Lipinski definition) is 7. The summed E-state index contributed by atoms with van der Waals surface area (Å²) in [5.74, 6) is 3.50. The van der Waals surface area contributed by atoms with E-state index in [2.05, 4.69) is 36.4 Å². The first-order chi connectivity index (χ1) is 27.3. The summed E-state index contributed by atoms with van der Waals surface area (Å²) in [6, 6.07) is 60.6. The van der Waals surface area contributed by atoms with Gasteiger partial charge in [0.25, 0.3) is 0 Å². The van der Waals surface area contributed by atoms with Gasteiger partial charge in [0.15, 0.2) is 34.9 Å². The van der Waals surface area contributed by atoms with Gasteiger partial charge in [-0.15, -0.1) is 0 Å². The van der Waals surface area contributed by atoms with Crippen LogP contribution in [0.2, 0.25) is 0 Å². The quantitative estimate of drug-likeness (QED) is 0.163. The van der Waals surface area contributed by atoms with Gasteiger partial charge in [0.2, 0.25) is 0 Å². The van der Waals surface area contributed by atoms with E-state index < -0.39 is 0 Å². The summed E-state index contributed by atoms with van der Waals surface area (Å²) < 4.78 is 6.94. The van der Waals surface area contributed by atoms with E-state index in [1.54, 1.807) is 0 Å². The van der Waals surface area contributed by atoms with Crippen LogP contribution in [0.15, 0.2) is 186 Å². The zero-order valence-electron chi connectivity index (χ0n) is 29.4. The Morgan fingerprint density at radius 2 is 0.545 bits per heavy atom. The fourth-order valence-corrected chi connectivity index (χ4v) is 6.98. The molecule has 0 aliphatic heterocycles. The van der Waals surface area contributed by atoms with E-state index in [-0.39, 0.29) is 0 Å². The highest BCUT2D eigenvalue weighted by atomic mass is 16.3. The number of para-hydroxylation sites is 2. The van der Waals surface area contributed by atoms with Gasteiger partial charge in [-0.2, -0.15) is 0 Å². The molecule has 258 valence electrons. The molecule has 0 unspecified atom stereocenters. The first kappa shape index (κ1) is 32.0. The third-order valence-electron chi connectivity index (χ3n) is 9.62. The lowest BCUT2D eigenvalue weighted by molar-refractivity contribution is 0.670. The monoisotopic (exact) mass is 706 g/mol. The molecule has 0 aliphatic rings. The van der Waals surface area contributed by atoms with Crippen molar-refractivity contribution in [3.8, 4) is 79.5 Å². The Balaban J connectivity index is 1.16. The fraction of sp³-hybridized carbons (Fsp3) is 0. The molecule has 7 nitrogen and oxygen atoms in total. The van der Waals surface area contributed by atoms with E-state index in [9.17, 15) is 0 Å². The van der Waals surface area contributed by atoms with Gasteiger partial charge in [-0.3, -0.25) is 0 Å². The second kappa shape index (κ2) is 13.7. The molecular formula is C48H30N6O. The molecule has 10 rings (SSSR count). The minimum atomic E-state index is 0.534. The van der Waals surface area contributed by atoms with E-state index >= 15 is 0 Å². The third kappa shape index (κ3) is 5.99. The summed E-state index contributed by atoms with van der Waals surface area (Å²) in [5, 5.41) is 1.95. The van der Waals surface area contributed by atoms with E-state index in [1.807, 2.05) is 146 Å². The van der Waals surface area contributed by atoms with Crippen LogP contribution >= 0.6 is 0 Å². The smallest absolute Gasteiger partial charge is 0.167 e. The van der Waals surface area contributed by atoms with Crippen LogP contribution in [0, 0.1) is 0 Å². The van der Waals surface area contributed by atoms with Gasteiger partial charge in [-0.25, -0.2) is 29.9 Å². The SMILES string of the molecule is c1ccc(-c2nc(-c3ccccc3)nc(-c3ccccc3-c3cccc4c3oc3c(-c5nc(-c6ccccc6)nc(-c6ccccc6)n5)cccc34)n2)cc1. The Hall–Kier alpha value is -7.64. The van der Waals surface area contributed by atoms with Crippen LogP contribution in [0.3, 0.4) is 0 Å². The number of rotatable bonds is 7. The second-order valence-corrected chi connectivity index (χ2v) is 13.1. The Morgan fingerprint density at radius 3 is 0.982 bits per heavy atom. The average molecular weight is 707 g/mol. The fourth-order valence-electron chi connectivity index (χ4n) is 6.98. The molecule has 0 atom stereocenters. The van der Waals surface area contributed by atoms with E-state index in [4.69, 9.17) is 34.3 Å². The molecule has 0 spiro atoms. The van der Waals surface area contributed by atoms with Gasteiger partial charge >= 0.3 is 0 Å². The van der Waals surface area contributed by atoms with Crippen molar-refractivity contribution in [2.75, 3.05) is 0 Å². The summed E-state index contributed by atoms with van der Waals surface area (Å²) in [6.45, 7) is 0. The molecule has 7 aromatic carbocycles. The predicted octanol–water partition coefficient (Wildman–Crippen LogP) is 11.6. The number of nitrogens with zero attached hydrogens (tertiary/aromatic N) is 6. The second-order valence-electron chi connectivity index (χ2n) is 13.1. The summed E-state index contributed by atoms with van der Waals surface area (Å²) in [7, 11) is 0. The van der Waals surface area contributed by atoms with Crippen LogP contribution in [-0.2, 0) is 0 Å². The average Bonchev–Trinajstić information content (AvgIpc) is 3.67. The molecule has 0 saturated carbocycles. The summed E-state index contributed by atoms with van der Waals surface area (Å²) in [5.41, 5.74) is 8.59. The lowest BCUT2D eigenvalue weighted by Crippen LogP contribution is -2.01. The Morgan fingerprint density at radius 1 is 0.236 bits per heavy atom. The first-order valence-corrected chi connectivity index (χ1v) is 18.0. The molecule has 10 aromatic rings. The molecule has 0 amide bonds. The van der Waals surface area contributed by atoms with Crippen molar-refractivity contribution in [3.63, 3.8) is 0 Å². The normalized spacial score (nSPS) is 11.3. The highest BCUT2D eigenvalue weighted by Crippen LogP contribution is 2.42. The number of fused-ring (bicyclic) bond motifs is 3. The van der Waals surface area contributed by atoms with Gasteiger partial charge in [0.1, 0.15) is 11.2 Å². The molecule has 0 saturated heterocycles. The number of benzene rings is 7. The molecule has 0 fully saturated rings. The van der Waals surface area contributed by atoms with Crippen LogP contribution in [0.1, 0.15) is 0 Å². The highest BCUT2D eigenvalue weighted by Gasteiger charge is 2.21. The van der Waals surface area contributed by atoms with Gasteiger partial charge in [-0.05, 0) is 11.6 Å². The molecule has 7 heteroatoms. The van der Waals surface area contributed by atoms with E-state index in [0.29, 0.717) is 40.5 Å². The first-order valence-electron chi connectivity index (χ1n) is 18.0. The summed E-state index contributed by atoms with van der Waals surface area (Å²) >= 11 is 0. The molecule has 3 heterocycles. The zero-order valence-corrected chi connectivity index (χ0v) is 29.4. The molecule has 0 aliphatic carbocycles. The number of aromatic nitrogens is 6. The molecule has 3 aromatic heterocycles. The minimum Gasteiger partial charge on any atom is -0.455 e. The van der Waals surface area contributed by atoms with E-state index in [1.165, 1.54) is 0 Å². The lowest BCUT2D eigenvalue weighted by Gasteiger charge is -2.12.